The molecule has 0 amide bonds. The van der Waals surface area contributed by atoms with Crippen molar-refractivity contribution in [2.75, 3.05) is 105 Å². The number of hydrogen-bond donors (Lipinski definition) is 2. The van der Waals surface area contributed by atoms with Gasteiger partial charge in [-0.1, -0.05) is 60.7 Å². The number of para-hydroxylation sites is 2. The Hall–Kier alpha value is -7.40. The molecule has 4 aromatic carbocycles. The predicted molar refractivity (Wildman–Crippen MR) is 312 cm³/mol. The van der Waals surface area contributed by atoms with Crippen molar-refractivity contribution in [3.8, 4) is 33.8 Å². The van der Waals surface area contributed by atoms with E-state index in [1.54, 1.807) is 0 Å². The number of aryl methyl sites for hydroxylation is 2. The Morgan fingerprint density at radius 1 is 0.459 bits per heavy atom. The molecule has 0 unspecified atom stereocenters. The van der Waals surface area contributed by atoms with E-state index in [4.69, 9.17) is 19.4 Å². The zero-order valence-corrected chi connectivity index (χ0v) is 45.0. The molecule has 5 heterocycles. The molecule has 2 aliphatic rings. The topological polar surface area (TPSA) is 82.3 Å². The van der Waals surface area contributed by atoms with Crippen LogP contribution in [-0.2, 0) is 0 Å². The third kappa shape index (κ3) is 13.2. The lowest BCUT2D eigenvalue weighted by molar-refractivity contribution is -0.890. The van der Waals surface area contributed by atoms with Crippen molar-refractivity contribution in [3.63, 3.8) is 0 Å². The molecule has 74 heavy (non-hydrogen) atoms. The lowest BCUT2D eigenvalue weighted by Crippen LogP contribution is -2.42. The summed E-state index contributed by atoms with van der Waals surface area (Å²) in [6, 6.07) is 46.9. The summed E-state index contributed by atoms with van der Waals surface area (Å²) in [7, 11) is 13.7. The van der Waals surface area contributed by atoms with Crippen LogP contribution in [0, 0.1) is 13.8 Å². The van der Waals surface area contributed by atoms with Gasteiger partial charge in [-0.05, 0) is 133 Å². The second kappa shape index (κ2) is 23.2. The van der Waals surface area contributed by atoms with Crippen LogP contribution in [0.5, 0.6) is 11.5 Å². The highest BCUT2D eigenvalue weighted by molar-refractivity contribution is 5.93. The molecule has 0 spiro atoms. The number of aromatic nitrogens is 4. The van der Waals surface area contributed by atoms with E-state index in [2.05, 4.69) is 234 Å². The molecule has 0 radical (unpaired) electrons. The molecular weight excluding hydrogens is 913 g/mol. The molecular formula is C64H76N8O2+2. The van der Waals surface area contributed by atoms with Crippen LogP contribution in [0.15, 0.2) is 133 Å². The fraction of sp³-hybridized carbons (Fsp3) is 0.312. The maximum atomic E-state index is 6.31. The average molecular weight is 989 g/mol. The monoisotopic (exact) mass is 989 g/mol. The first-order chi connectivity index (χ1) is 35.8. The molecule has 0 saturated carbocycles. The average Bonchev–Trinajstić information content (AvgIpc) is 4.24. The Kier molecular flexibility index (Phi) is 16.2. The van der Waals surface area contributed by atoms with Crippen molar-refractivity contribution < 1.29 is 18.4 Å². The molecule has 382 valence electrons. The Morgan fingerprint density at radius 2 is 0.851 bits per heavy atom. The van der Waals surface area contributed by atoms with E-state index in [9.17, 15) is 0 Å². The van der Waals surface area contributed by atoms with Gasteiger partial charge in [-0.2, -0.15) is 0 Å². The molecule has 2 aliphatic heterocycles. The lowest BCUT2D eigenvalue weighted by atomic mass is 10.0. The molecule has 10 heteroatoms. The molecule has 10 nitrogen and oxygen atoms in total. The van der Waals surface area contributed by atoms with E-state index in [0.717, 1.165) is 153 Å². The van der Waals surface area contributed by atoms with Gasteiger partial charge in [0.05, 0.1) is 90.4 Å². The van der Waals surface area contributed by atoms with E-state index in [1.165, 1.54) is 22.5 Å². The van der Waals surface area contributed by atoms with Gasteiger partial charge in [0.1, 0.15) is 11.5 Å². The fourth-order valence-corrected chi connectivity index (χ4v) is 10.4. The second-order valence-corrected chi connectivity index (χ2v) is 21.5. The van der Waals surface area contributed by atoms with E-state index in [1.807, 2.05) is 0 Å². The number of ether oxygens (including phenoxy) is 2. The number of benzene rings is 4. The highest BCUT2D eigenvalue weighted by atomic mass is 16.5. The summed E-state index contributed by atoms with van der Waals surface area (Å²) in [4.78, 5) is 22.5. The van der Waals surface area contributed by atoms with Crippen molar-refractivity contribution >= 4 is 57.7 Å². The third-order valence-electron chi connectivity index (χ3n) is 14.6. The number of aromatic amines is 2. The molecule has 0 atom stereocenters. The van der Waals surface area contributed by atoms with Crippen molar-refractivity contribution in [2.24, 2.45) is 0 Å². The number of hydrogen-bond acceptors (Lipinski definition) is 6. The molecule has 7 aromatic rings. The molecule has 8 bridgehead atoms. The zero-order valence-electron chi connectivity index (χ0n) is 45.0. The van der Waals surface area contributed by atoms with Crippen LogP contribution in [0.4, 0.5) is 11.4 Å². The fourth-order valence-electron chi connectivity index (χ4n) is 10.4. The summed E-state index contributed by atoms with van der Waals surface area (Å²) in [5, 5.41) is 0. The molecule has 0 saturated heterocycles. The van der Waals surface area contributed by atoms with Gasteiger partial charge in [0.25, 0.3) is 0 Å². The predicted octanol–water partition coefficient (Wildman–Crippen LogP) is 13.4. The van der Waals surface area contributed by atoms with E-state index in [-0.39, 0.29) is 0 Å². The molecule has 0 aliphatic carbocycles. The van der Waals surface area contributed by atoms with Gasteiger partial charge in [0.15, 0.2) is 0 Å². The highest BCUT2D eigenvalue weighted by Gasteiger charge is 2.19. The summed E-state index contributed by atoms with van der Waals surface area (Å²) in [5.41, 5.74) is 16.9. The van der Waals surface area contributed by atoms with Crippen LogP contribution in [0.2, 0.25) is 0 Å². The van der Waals surface area contributed by atoms with Gasteiger partial charge in [-0.15, -0.1) is 0 Å². The normalized spacial score (nSPS) is 12.3. The van der Waals surface area contributed by atoms with E-state index in [0.29, 0.717) is 13.2 Å². The summed E-state index contributed by atoms with van der Waals surface area (Å²) >= 11 is 0. The summed E-state index contributed by atoms with van der Waals surface area (Å²) in [6.07, 6.45) is 12.6. The molecule has 3 aromatic heterocycles. The Morgan fingerprint density at radius 3 is 1.26 bits per heavy atom. The van der Waals surface area contributed by atoms with E-state index < -0.39 is 0 Å². The van der Waals surface area contributed by atoms with Crippen LogP contribution in [0.3, 0.4) is 0 Å². The number of nitrogens with zero attached hydrogens (tertiary/aromatic N) is 6. The minimum Gasteiger partial charge on any atom is -0.493 e. The number of nitrogens with one attached hydrogen (secondary N) is 2. The van der Waals surface area contributed by atoms with Crippen molar-refractivity contribution in [1.82, 2.24) is 19.9 Å². The number of H-pyrrole nitrogens is 2. The first-order valence-electron chi connectivity index (χ1n) is 26.5. The molecule has 2 N–H and O–H groups in total. The van der Waals surface area contributed by atoms with Gasteiger partial charge >= 0.3 is 0 Å². The maximum Gasteiger partial charge on any atom is 0.119 e. The number of anilines is 2. The summed E-state index contributed by atoms with van der Waals surface area (Å²) in [5.74, 6) is 1.74. The van der Waals surface area contributed by atoms with Crippen molar-refractivity contribution in [2.45, 2.75) is 39.5 Å². The SMILES string of the molecule is Cc1ccccc1N(C)CCC[N+](C)(C)CCCOc1ccc(-c2c3nc(cc4ccc([nH]4)c(-c4ccc(OCCC[N+](C)(C)CCCN(C)c5ccccc5C)cc4)c4nc(cc5ccc2[nH]5)C=C4)C=C3)cc1. The molecule has 9 rings (SSSR count). The standard InChI is InChI=1S/C64H76N8O2/c1-47-17-9-11-19-61(47)69(3)37-13-39-71(5,6)41-15-43-73-55-29-21-49(22-30-55)63-57-33-25-51(65-57)45-53-27-35-59(67-53)64(60-36-28-54(68-60)46-52-26-34-58(63)66-52)50-23-31-56(32-24-50)74-44-16-42-72(7,8)40-14-38-70(4)62-20-12-10-18-48(62)2/h9-12,17-36,45-46,65,68H,13-16,37-44H2,1-8H3/q+2. The first-order valence-corrected chi connectivity index (χ1v) is 26.5. The Bertz CT molecular complexity index is 3040. The first kappa shape index (κ1) is 51.5. The second-order valence-electron chi connectivity index (χ2n) is 21.5. The van der Waals surface area contributed by atoms with Gasteiger partial charge in [0.2, 0.25) is 0 Å². The molecule has 0 fully saturated rings. The number of fused-ring (bicyclic) bond motifs is 8. The van der Waals surface area contributed by atoms with Gasteiger partial charge in [0, 0.05) is 97.4 Å². The third-order valence-corrected chi connectivity index (χ3v) is 14.6. The number of rotatable bonds is 22. The Labute approximate surface area is 439 Å². The van der Waals surface area contributed by atoms with Crippen molar-refractivity contribution in [1.29, 1.82) is 0 Å². The van der Waals surface area contributed by atoms with Gasteiger partial charge in [-0.3, -0.25) is 0 Å². The van der Waals surface area contributed by atoms with Crippen LogP contribution >= 0.6 is 0 Å². The van der Waals surface area contributed by atoms with Crippen LogP contribution in [0.25, 0.3) is 68.6 Å². The van der Waals surface area contributed by atoms with Crippen LogP contribution < -0.4 is 19.3 Å². The quantitative estimate of drug-likeness (QED) is 0.0520. The van der Waals surface area contributed by atoms with Gasteiger partial charge in [-0.25, -0.2) is 9.97 Å². The van der Waals surface area contributed by atoms with Crippen molar-refractivity contribution in [3.05, 3.63) is 167 Å². The van der Waals surface area contributed by atoms with Crippen LogP contribution in [-0.4, -0.2) is 124 Å². The smallest absolute Gasteiger partial charge is 0.119 e. The number of quaternary nitrogens is 2. The summed E-state index contributed by atoms with van der Waals surface area (Å²) < 4.78 is 14.6. The largest absolute Gasteiger partial charge is 0.493 e. The van der Waals surface area contributed by atoms with E-state index >= 15 is 0 Å². The zero-order chi connectivity index (χ0) is 51.7. The summed E-state index contributed by atoms with van der Waals surface area (Å²) in [6.45, 7) is 12.1. The maximum absolute atomic E-state index is 6.31. The van der Waals surface area contributed by atoms with Gasteiger partial charge < -0.3 is 38.2 Å². The lowest BCUT2D eigenvalue weighted by Gasteiger charge is -2.31. The van der Waals surface area contributed by atoms with Crippen LogP contribution in [0.1, 0.15) is 59.6 Å². The highest BCUT2D eigenvalue weighted by Crippen LogP contribution is 2.34. The Balaban J connectivity index is 0.851. The minimum absolute atomic E-state index is 0.673. The minimum atomic E-state index is 0.673.